The van der Waals surface area contributed by atoms with Gasteiger partial charge in [0.25, 0.3) is 0 Å². The van der Waals surface area contributed by atoms with Crippen LogP contribution < -0.4 is 10.7 Å². The summed E-state index contributed by atoms with van der Waals surface area (Å²) in [6.45, 7) is 1.27. The van der Waals surface area contributed by atoms with E-state index in [1.807, 2.05) is 37.4 Å². The molecule has 0 fully saturated rings. The van der Waals surface area contributed by atoms with Crippen LogP contribution in [0.25, 0.3) is 21.5 Å². The van der Waals surface area contributed by atoms with E-state index in [1.165, 1.54) is 0 Å². The van der Waals surface area contributed by atoms with Crippen LogP contribution in [0.5, 0.6) is 0 Å². The zero-order valence-electron chi connectivity index (χ0n) is 12.3. The minimum Gasteiger partial charge on any atom is -0.394 e. The molecule has 0 bridgehead atoms. The molecule has 112 valence electrons. The van der Waals surface area contributed by atoms with Gasteiger partial charge in [-0.3, -0.25) is 0 Å². The third-order valence-electron chi connectivity index (χ3n) is 3.53. The largest absolute Gasteiger partial charge is 0.394 e. The number of benzene rings is 2. The van der Waals surface area contributed by atoms with Crippen LogP contribution in [-0.4, -0.2) is 20.2 Å². The molecule has 0 amide bonds. The fourth-order valence-electron chi connectivity index (χ4n) is 2.42. The van der Waals surface area contributed by atoms with Crippen molar-refractivity contribution in [1.29, 1.82) is 0 Å². The van der Waals surface area contributed by atoms with Crippen LogP contribution in [0.1, 0.15) is 0 Å². The van der Waals surface area contributed by atoms with E-state index in [9.17, 15) is 0 Å². The summed E-state index contributed by atoms with van der Waals surface area (Å²) in [4.78, 5) is 5.48. The lowest BCUT2D eigenvalue weighted by atomic mass is 10.1. The summed E-state index contributed by atoms with van der Waals surface area (Å²) in [5.41, 5.74) is 0. The maximum absolute atomic E-state index is 6.18. The van der Waals surface area contributed by atoms with Crippen molar-refractivity contribution in [3.63, 3.8) is 0 Å². The van der Waals surface area contributed by atoms with Gasteiger partial charge < -0.3 is 10.2 Å². The molecule has 0 saturated heterocycles. The summed E-state index contributed by atoms with van der Waals surface area (Å²) in [6, 6.07) is 18.2. The fraction of sp³-hybridized carbons (Fsp3) is 0.167. The predicted octanol–water partition coefficient (Wildman–Crippen LogP) is 3.70. The summed E-state index contributed by atoms with van der Waals surface area (Å²) in [5, 5.41) is 13.1. The van der Waals surface area contributed by atoms with E-state index in [2.05, 4.69) is 34.7 Å². The summed E-state index contributed by atoms with van der Waals surface area (Å²) < 4.78 is 0. The molecule has 0 unspecified atom stereocenters. The van der Waals surface area contributed by atoms with Crippen molar-refractivity contribution >= 4 is 33.1 Å². The second kappa shape index (κ2) is 6.77. The van der Waals surface area contributed by atoms with Gasteiger partial charge in [0.05, 0.1) is 0 Å². The lowest BCUT2D eigenvalue weighted by Gasteiger charge is -2.00. The number of hydrogen-bond acceptors (Lipinski definition) is 3. The molecule has 0 saturated carbocycles. The molecule has 0 heterocycles. The maximum Gasteiger partial charge on any atom is 0.129 e. The molecule has 0 aromatic heterocycles. The van der Waals surface area contributed by atoms with E-state index in [0.29, 0.717) is 11.6 Å². The molecule has 0 spiro atoms. The van der Waals surface area contributed by atoms with Gasteiger partial charge in [-0.2, -0.15) is 0 Å². The van der Waals surface area contributed by atoms with Crippen LogP contribution in [0, 0.1) is 0 Å². The standard InChI is InChI=1S/C18H17ClN2O/c1-20-10-11-22-21-18-16-5-3-2-4-13(16)6-7-14-8-9-15(19)12-17(14)18/h2-9,12,20H,10-11H2,1H3/b21-18+. The van der Waals surface area contributed by atoms with Gasteiger partial charge in [-0.05, 0) is 30.0 Å². The SMILES string of the molecule is CNCCO/N=c1\c2ccccc2ccc2ccc(Cl)cc12. The fourth-order valence-corrected chi connectivity index (χ4v) is 2.59. The number of rotatable bonds is 4. The second-order valence-electron chi connectivity index (χ2n) is 5.03. The number of fused-ring (bicyclic) bond motifs is 2. The van der Waals surface area contributed by atoms with Gasteiger partial charge in [0.2, 0.25) is 0 Å². The Morgan fingerprint density at radius 2 is 1.73 bits per heavy atom. The maximum atomic E-state index is 6.18. The van der Waals surface area contributed by atoms with E-state index in [4.69, 9.17) is 16.4 Å². The Balaban J connectivity index is 2.33. The summed E-state index contributed by atoms with van der Waals surface area (Å²) in [5.74, 6) is 0. The highest BCUT2D eigenvalue weighted by Gasteiger charge is 2.02. The van der Waals surface area contributed by atoms with Crippen LogP contribution in [0.2, 0.25) is 5.02 Å². The Labute approximate surface area is 134 Å². The van der Waals surface area contributed by atoms with Crippen molar-refractivity contribution in [1.82, 2.24) is 5.32 Å². The van der Waals surface area contributed by atoms with Crippen LogP contribution >= 0.6 is 11.6 Å². The lowest BCUT2D eigenvalue weighted by Crippen LogP contribution is -2.14. The number of hydrogen-bond donors (Lipinski definition) is 1. The van der Waals surface area contributed by atoms with Gasteiger partial charge in [-0.25, -0.2) is 0 Å². The van der Waals surface area contributed by atoms with Crippen molar-refractivity contribution in [3.05, 3.63) is 65.0 Å². The van der Waals surface area contributed by atoms with Crippen molar-refractivity contribution in [3.8, 4) is 0 Å². The first-order valence-corrected chi connectivity index (χ1v) is 7.59. The first kappa shape index (κ1) is 14.8. The summed E-state index contributed by atoms with van der Waals surface area (Å²) in [7, 11) is 1.89. The van der Waals surface area contributed by atoms with Crippen LogP contribution in [0.4, 0.5) is 0 Å². The number of nitrogens with zero attached hydrogens (tertiary/aromatic N) is 1. The van der Waals surface area contributed by atoms with E-state index in [-0.39, 0.29) is 0 Å². The highest BCUT2D eigenvalue weighted by Crippen LogP contribution is 2.19. The molecule has 0 atom stereocenters. The van der Waals surface area contributed by atoms with E-state index in [1.54, 1.807) is 0 Å². The average molecular weight is 313 g/mol. The normalized spacial score (nSPS) is 12.0. The zero-order valence-corrected chi connectivity index (χ0v) is 13.1. The van der Waals surface area contributed by atoms with Gasteiger partial charge in [0.1, 0.15) is 12.0 Å². The van der Waals surface area contributed by atoms with E-state index in [0.717, 1.165) is 33.4 Å². The van der Waals surface area contributed by atoms with E-state index >= 15 is 0 Å². The molecule has 0 aliphatic carbocycles. The molecule has 22 heavy (non-hydrogen) atoms. The Morgan fingerprint density at radius 1 is 1.00 bits per heavy atom. The van der Waals surface area contributed by atoms with Gasteiger partial charge >= 0.3 is 0 Å². The molecule has 3 nitrogen and oxygen atoms in total. The van der Waals surface area contributed by atoms with Crippen molar-refractivity contribution in [2.45, 2.75) is 0 Å². The van der Waals surface area contributed by atoms with Crippen molar-refractivity contribution in [2.75, 3.05) is 20.2 Å². The first-order chi connectivity index (χ1) is 10.8. The topological polar surface area (TPSA) is 33.6 Å². The number of likely N-dealkylation sites (N-methyl/N-ethyl adjacent to an activating group) is 1. The van der Waals surface area contributed by atoms with Crippen LogP contribution in [0.15, 0.2) is 59.8 Å². The minimum atomic E-state index is 0.519. The quantitative estimate of drug-likeness (QED) is 0.589. The molecular formula is C18H17ClN2O. The van der Waals surface area contributed by atoms with Crippen molar-refractivity contribution < 1.29 is 4.84 Å². The number of halogens is 1. The van der Waals surface area contributed by atoms with Gasteiger partial charge in [0.15, 0.2) is 0 Å². The highest BCUT2D eigenvalue weighted by atomic mass is 35.5. The average Bonchev–Trinajstić information content (AvgIpc) is 2.69. The summed E-state index contributed by atoms with van der Waals surface area (Å²) >= 11 is 6.18. The minimum absolute atomic E-state index is 0.519. The summed E-state index contributed by atoms with van der Waals surface area (Å²) in [6.07, 6.45) is 0. The van der Waals surface area contributed by atoms with Gasteiger partial charge in [-0.1, -0.05) is 59.2 Å². The van der Waals surface area contributed by atoms with Gasteiger partial charge in [-0.15, -0.1) is 0 Å². The third-order valence-corrected chi connectivity index (χ3v) is 3.76. The molecule has 1 N–H and O–H groups in total. The van der Waals surface area contributed by atoms with E-state index < -0.39 is 0 Å². The monoisotopic (exact) mass is 312 g/mol. The zero-order chi connectivity index (χ0) is 15.4. The Bertz CT molecular complexity index is 877. The second-order valence-corrected chi connectivity index (χ2v) is 5.47. The lowest BCUT2D eigenvalue weighted by molar-refractivity contribution is 0.138. The Kier molecular flexibility index (Phi) is 4.56. The Morgan fingerprint density at radius 3 is 2.55 bits per heavy atom. The molecule has 0 aliphatic heterocycles. The van der Waals surface area contributed by atoms with Crippen LogP contribution in [0.3, 0.4) is 0 Å². The molecular weight excluding hydrogens is 296 g/mol. The van der Waals surface area contributed by atoms with Crippen LogP contribution in [-0.2, 0) is 4.84 Å². The third kappa shape index (κ3) is 3.06. The molecule has 4 heteroatoms. The first-order valence-electron chi connectivity index (χ1n) is 7.21. The molecule has 0 aliphatic rings. The molecule has 0 radical (unpaired) electrons. The molecule has 3 aromatic rings. The molecule has 3 aromatic carbocycles. The predicted molar refractivity (Wildman–Crippen MR) is 91.9 cm³/mol. The smallest absolute Gasteiger partial charge is 0.129 e. The number of nitrogens with one attached hydrogen (secondary N) is 1. The highest BCUT2D eigenvalue weighted by molar-refractivity contribution is 6.31. The van der Waals surface area contributed by atoms with Crippen molar-refractivity contribution in [2.24, 2.45) is 5.16 Å². The molecule has 3 rings (SSSR count). The van der Waals surface area contributed by atoms with Gasteiger partial charge in [0, 0.05) is 22.3 Å². The Hall–Kier alpha value is -2.10.